The van der Waals surface area contributed by atoms with Crippen LogP contribution in [0.3, 0.4) is 0 Å². The second-order valence-electron chi connectivity index (χ2n) is 11.1. The van der Waals surface area contributed by atoms with Crippen LogP contribution in [-0.2, 0) is 0 Å². The average molecular weight is 627 g/mol. The van der Waals surface area contributed by atoms with Gasteiger partial charge in [0.1, 0.15) is 34.4 Å². The lowest BCUT2D eigenvalue weighted by atomic mass is 10.0. The first-order chi connectivity index (χ1) is 21.4. The highest BCUT2D eigenvalue weighted by atomic mass is 16.3. The van der Waals surface area contributed by atoms with Gasteiger partial charge in [-0.15, -0.1) is 0 Å². The van der Waals surface area contributed by atoms with Crippen molar-refractivity contribution in [1.29, 1.82) is 10.8 Å². The van der Waals surface area contributed by atoms with Gasteiger partial charge < -0.3 is 42.7 Å². The first-order valence-corrected chi connectivity index (χ1v) is 14.3. The van der Waals surface area contributed by atoms with Crippen LogP contribution < -0.4 is 11.5 Å². The van der Waals surface area contributed by atoms with Gasteiger partial charge in [-0.05, 0) is 126 Å². The van der Waals surface area contributed by atoms with Gasteiger partial charge in [-0.3, -0.25) is 9.98 Å². The molecule has 0 aliphatic rings. The number of phenols is 4. The monoisotopic (exact) mass is 626 g/mol. The number of phenolic OH excluding ortho intramolecular Hbond substituents is 4. The van der Waals surface area contributed by atoms with Gasteiger partial charge in [0.25, 0.3) is 0 Å². The highest BCUT2D eigenvalue weighted by molar-refractivity contribution is 5.85. The molecule has 4 aromatic rings. The van der Waals surface area contributed by atoms with E-state index in [9.17, 15) is 20.4 Å². The van der Waals surface area contributed by atoms with Crippen molar-refractivity contribution in [1.82, 2.24) is 0 Å². The van der Waals surface area contributed by atoms with Gasteiger partial charge >= 0.3 is 0 Å². The highest BCUT2D eigenvalue weighted by Gasteiger charge is 2.07. The smallest absolute Gasteiger partial charge is 0.141 e. The normalized spacial score (nSPS) is 9.57. The van der Waals surface area contributed by atoms with E-state index in [2.05, 4.69) is 9.98 Å². The number of hydrogen-bond acceptors (Lipinski definition) is 10. The van der Waals surface area contributed by atoms with Gasteiger partial charge in [0.2, 0.25) is 0 Å². The first-order valence-electron chi connectivity index (χ1n) is 14.3. The van der Waals surface area contributed by atoms with Crippen molar-refractivity contribution in [2.45, 2.75) is 55.4 Å². The lowest BCUT2D eigenvalue weighted by molar-refractivity contribution is 0.476. The molecule has 0 radical (unpaired) electrons. The third-order valence-corrected chi connectivity index (χ3v) is 5.37. The fourth-order valence-corrected chi connectivity index (χ4v) is 3.52. The topological polar surface area (TPSA) is 205 Å². The molecular formula is C36H46N6O4. The van der Waals surface area contributed by atoms with Crippen LogP contribution in [0.5, 0.6) is 23.0 Å². The molecule has 0 fully saturated rings. The minimum Gasteiger partial charge on any atom is -0.506 e. The predicted molar refractivity (Wildman–Crippen MR) is 194 cm³/mol. The Morgan fingerprint density at radius 1 is 0.457 bits per heavy atom. The number of nitrogen functional groups attached to an aromatic ring is 2. The van der Waals surface area contributed by atoms with Crippen molar-refractivity contribution in [3.05, 3.63) is 72.8 Å². The van der Waals surface area contributed by atoms with E-state index in [-0.39, 0.29) is 23.0 Å². The summed E-state index contributed by atoms with van der Waals surface area (Å²) in [5.41, 5.74) is 19.0. The number of nitrogens with zero attached hydrogens (tertiary/aromatic N) is 2. The SMILES string of the molecule is CC(C)=N.CC(C)=N.CC(C)=Nc1ccc(-c2ccc(N=C(C)C)c(O)c2)cc1O.Nc1ccc(-c2ccc(N)c(O)c2)cc1O. The van der Waals surface area contributed by atoms with Crippen molar-refractivity contribution in [3.8, 4) is 45.3 Å². The first kappa shape index (κ1) is 38.4. The van der Waals surface area contributed by atoms with Gasteiger partial charge in [0.15, 0.2) is 0 Å². The molecule has 0 saturated heterocycles. The van der Waals surface area contributed by atoms with Crippen molar-refractivity contribution < 1.29 is 20.4 Å². The molecule has 4 rings (SSSR count). The zero-order valence-corrected chi connectivity index (χ0v) is 27.8. The lowest BCUT2D eigenvalue weighted by Crippen LogP contribution is -1.88. The summed E-state index contributed by atoms with van der Waals surface area (Å²) in [6.07, 6.45) is 0. The summed E-state index contributed by atoms with van der Waals surface area (Å²) < 4.78 is 0. The maximum Gasteiger partial charge on any atom is 0.141 e. The summed E-state index contributed by atoms with van der Waals surface area (Å²) >= 11 is 0. The zero-order valence-electron chi connectivity index (χ0n) is 27.8. The Morgan fingerprint density at radius 3 is 0.913 bits per heavy atom. The van der Waals surface area contributed by atoms with Crippen LogP contribution in [0.1, 0.15) is 55.4 Å². The molecule has 0 aliphatic carbocycles. The van der Waals surface area contributed by atoms with Crippen LogP contribution in [0.4, 0.5) is 22.7 Å². The van der Waals surface area contributed by atoms with Gasteiger partial charge in [0.05, 0.1) is 11.4 Å². The molecule has 0 unspecified atom stereocenters. The van der Waals surface area contributed by atoms with Crippen molar-refractivity contribution in [3.63, 3.8) is 0 Å². The Bertz CT molecular complexity index is 1590. The van der Waals surface area contributed by atoms with E-state index in [0.29, 0.717) is 34.2 Å². The van der Waals surface area contributed by atoms with Gasteiger partial charge in [-0.2, -0.15) is 0 Å². The van der Waals surface area contributed by atoms with Crippen LogP contribution in [-0.4, -0.2) is 43.3 Å². The van der Waals surface area contributed by atoms with Crippen LogP contribution in [0, 0.1) is 10.8 Å². The van der Waals surface area contributed by atoms with E-state index in [1.807, 2.05) is 39.8 Å². The molecule has 244 valence electrons. The number of rotatable bonds is 4. The quantitative estimate of drug-likeness (QED) is 0.0629. The molecule has 46 heavy (non-hydrogen) atoms. The summed E-state index contributed by atoms with van der Waals surface area (Å²) in [6.45, 7) is 14.5. The van der Waals surface area contributed by atoms with Crippen LogP contribution >= 0.6 is 0 Å². The third-order valence-electron chi connectivity index (χ3n) is 5.37. The molecule has 0 aromatic heterocycles. The Kier molecular flexibility index (Phi) is 15.2. The Labute approximate surface area is 271 Å². The Hall–Kier alpha value is -5.64. The van der Waals surface area contributed by atoms with E-state index in [1.165, 1.54) is 0 Å². The molecule has 0 amide bonds. The molecule has 0 atom stereocenters. The molecular weight excluding hydrogens is 580 g/mol. The molecule has 10 N–H and O–H groups in total. The van der Waals surface area contributed by atoms with Crippen molar-refractivity contribution in [2.75, 3.05) is 11.5 Å². The summed E-state index contributed by atoms with van der Waals surface area (Å²) in [7, 11) is 0. The number of nitrogens with one attached hydrogen (secondary N) is 2. The number of hydrogen-bond donors (Lipinski definition) is 8. The molecule has 0 heterocycles. The zero-order chi connectivity index (χ0) is 35.1. The highest BCUT2D eigenvalue weighted by Crippen LogP contribution is 2.36. The summed E-state index contributed by atoms with van der Waals surface area (Å²) in [5.74, 6) is 0.275. The minimum absolute atomic E-state index is 0.0221. The van der Waals surface area contributed by atoms with E-state index in [4.69, 9.17) is 22.3 Å². The van der Waals surface area contributed by atoms with Crippen LogP contribution in [0.15, 0.2) is 82.8 Å². The second kappa shape index (κ2) is 18.2. The summed E-state index contributed by atoms with van der Waals surface area (Å²) in [4.78, 5) is 8.52. The lowest BCUT2D eigenvalue weighted by Gasteiger charge is -2.07. The van der Waals surface area contributed by atoms with E-state index in [1.54, 1.807) is 88.4 Å². The predicted octanol–water partition coefficient (Wildman–Crippen LogP) is 9.01. The van der Waals surface area contributed by atoms with Gasteiger partial charge in [-0.1, -0.05) is 24.3 Å². The number of anilines is 2. The van der Waals surface area contributed by atoms with E-state index in [0.717, 1.165) is 33.7 Å². The van der Waals surface area contributed by atoms with Crippen molar-refractivity contribution in [2.24, 2.45) is 9.98 Å². The standard InChI is InChI=1S/C18H20N2O2.C12H12N2O2.2C3H7N/c1-11(2)19-15-7-5-13(9-17(15)21)14-6-8-16(18(22)10-14)20-12(3)4;13-9-3-1-7(5-11(9)15)8-2-4-10(14)12(16)6-8;2*1-3(2)4/h5-10,21-22H,1-4H3;1-6,15-16H,13-14H2;2*4H,1-2H3. The van der Waals surface area contributed by atoms with Gasteiger partial charge in [0, 0.05) is 22.8 Å². The summed E-state index contributed by atoms with van der Waals surface area (Å²) in [6, 6.07) is 20.4. The maximum atomic E-state index is 10.1. The molecule has 10 heteroatoms. The maximum absolute atomic E-state index is 10.1. The molecule has 0 spiro atoms. The average Bonchev–Trinajstić information content (AvgIpc) is 2.93. The van der Waals surface area contributed by atoms with Crippen molar-refractivity contribution >= 4 is 45.6 Å². The van der Waals surface area contributed by atoms with Crippen LogP contribution in [0.25, 0.3) is 22.3 Å². The Balaban J connectivity index is 0.000000384. The molecule has 0 aliphatic heterocycles. The van der Waals surface area contributed by atoms with Gasteiger partial charge in [-0.25, -0.2) is 0 Å². The number of benzene rings is 4. The largest absolute Gasteiger partial charge is 0.506 e. The number of aliphatic imine (C=N–C) groups is 2. The molecule has 10 nitrogen and oxygen atoms in total. The summed E-state index contributed by atoms with van der Waals surface area (Å²) in [5, 5.41) is 52.1. The second-order valence-corrected chi connectivity index (χ2v) is 11.1. The molecule has 0 bridgehead atoms. The van der Waals surface area contributed by atoms with Crippen LogP contribution in [0.2, 0.25) is 0 Å². The Morgan fingerprint density at radius 2 is 0.696 bits per heavy atom. The third kappa shape index (κ3) is 13.8. The number of nitrogens with two attached hydrogens (primary N) is 2. The minimum atomic E-state index is 0.0221. The number of aromatic hydroxyl groups is 4. The van der Waals surface area contributed by atoms with E-state index >= 15 is 0 Å². The van der Waals surface area contributed by atoms with E-state index < -0.39 is 0 Å². The fraction of sp³-hybridized carbons (Fsp3) is 0.222. The fourth-order valence-electron chi connectivity index (χ4n) is 3.52. The molecule has 4 aromatic carbocycles. The molecule has 0 saturated carbocycles.